The molecule has 2 aromatic rings. The Morgan fingerprint density at radius 1 is 1.12 bits per heavy atom. The molecule has 1 aromatic carbocycles. The third-order valence-electron chi connectivity index (χ3n) is 4.42. The van der Waals surface area contributed by atoms with E-state index in [1.807, 2.05) is 35.2 Å². The SMILES string of the molecule is CN=C(NCc1ccc(N2CCCCC2=O)cc1)NCc1ccccn1. The number of pyridine rings is 1. The fraction of sp³-hybridized carbons (Fsp3) is 0.350. The number of piperidine rings is 1. The summed E-state index contributed by atoms with van der Waals surface area (Å²) in [6, 6.07) is 14.0. The van der Waals surface area contributed by atoms with E-state index in [0.717, 1.165) is 42.3 Å². The molecule has 6 heteroatoms. The standard InChI is InChI=1S/C20H25N5O/c1-21-20(24-15-17-6-2-4-12-22-17)23-14-16-8-10-18(11-9-16)25-13-5-3-7-19(25)26/h2,4,6,8-12H,3,5,7,13-15H2,1H3,(H2,21,23,24). The van der Waals surface area contributed by atoms with Gasteiger partial charge in [0.15, 0.2) is 5.96 Å². The molecule has 3 rings (SSSR count). The summed E-state index contributed by atoms with van der Waals surface area (Å²) in [4.78, 5) is 22.4. The van der Waals surface area contributed by atoms with E-state index in [0.29, 0.717) is 19.5 Å². The Hall–Kier alpha value is -2.89. The number of nitrogens with zero attached hydrogens (tertiary/aromatic N) is 3. The molecule has 0 unspecified atom stereocenters. The molecule has 0 radical (unpaired) electrons. The van der Waals surface area contributed by atoms with Gasteiger partial charge in [-0.2, -0.15) is 0 Å². The molecule has 0 aliphatic carbocycles. The van der Waals surface area contributed by atoms with E-state index in [-0.39, 0.29) is 5.91 Å². The Morgan fingerprint density at radius 2 is 1.92 bits per heavy atom. The van der Waals surface area contributed by atoms with Crippen molar-refractivity contribution in [3.63, 3.8) is 0 Å². The van der Waals surface area contributed by atoms with Crippen LogP contribution in [-0.4, -0.2) is 30.4 Å². The number of benzene rings is 1. The lowest BCUT2D eigenvalue weighted by molar-refractivity contribution is -0.119. The van der Waals surface area contributed by atoms with Gasteiger partial charge in [0, 0.05) is 38.4 Å². The second kappa shape index (κ2) is 8.99. The van der Waals surface area contributed by atoms with Gasteiger partial charge in [-0.1, -0.05) is 18.2 Å². The van der Waals surface area contributed by atoms with Crippen LogP contribution in [0.5, 0.6) is 0 Å². The van der Waals surface area contributed by atoms with Crippen LogP contribution in [0.3, 0.4) is 0 Å². The number of anilines is 1. The average Bonchev–Trinajstić information content (AvgIpc) is 2.70. The molecule has 1 aliphatic heterocycles. The average molecular weight is 351 g/mol. The van der Waals surface area contributed by atoms with Gasteiger partial charge in [0.2, 0.25) is 5.91 Å². The fourth-order valence-electron chi connectivity index (χ4n) is 2.96. The minimum absolute atomic E-state index is 0.223. The van der Waals surface area contributed by atoms with Crippen molar-refractivity contribution in [1.82, 2.24) is 15.6 Å². The number of guanidine groups is 1. The first-order chi connectivity index (χ1) is 12.8. The number of rotatable bonds is 5. The van der Waals surface area contributed by atoms with E-state index < -0.39 is 0 Å². The van der Waals surface area contributed by atoms with Crippen molar-refractivity contribution in [1.29, 1.82) is 0 Å². The molecule has 1 aliphatic rings. The third-order valence-corrected chi connectivity index (χ3v) is 4.42. The number of aromatic nitrogens is 1. The topological polar surface area (TPSA) is 69.6 Å². The van der Waals surface area contributed by atoms with Crippen molar-refractivity contribution in [2.45, 2.75) is 32.4 Å². The van der Waals surface area contributed by atoms with Crippen molar-refractivity contribution in [2.75, 3.05) is 18.5 Å². The highest BCUT2D eigenvalue weighted by Crippen LogP contribution is 2.21. The van der Waals surface area contributed by atoms with Crippen LogP contribution < -0.4 is 15.5 Å². The van der Waals surface area contributed by atoms with Gasteiger partial charge in [-0.25, -0.2) is 0 Å². The van der Waals surface area contributed by atoms with Crippen LogP contribution in [0.4, 0.5) is 5.69 Å². The fourth-order valence-corrected chi connectivity index (χ4v) is 2.96. The molecule has 2 heterocycles. The summed E-state index contributed by atoms with van der Waals surface area (Å²) >= 11 is 0. The van der Waals surface area contributed by atoms with Crippen molar-refractivity contribution in [3.05, 3.63) is 59.9 Å². The molecule has 0 saturated carbocycles. The van der Waals surface area contributed by atoms with Crippen LogP contribution >= 0.6 is 0 Å². The van der Waals surface area contributed by atoms with Crippen molar-refractivity contribution in [2.24, 2.45) is 4.99 Å². The van der Waals surface area contributed by atoms with E-state index in [2.05, 4.69) is 32.7 Å². The maximum Gasteiger partial charge on any atom is 0.226 e. The van der Waals surface area contributed by atoms with Gasteiger partial charge in [-0.3, -0.25) is 14.8 Å². The van der Waals surface area contributed by atoms with Crippen LogP contribution in [0.1, 0.15) is 30.5 Å². The van der Waals surface area contributed by atoms with Crippen molar-refractivity contribution in [3.8, 4) is 0 Å². The van der Waals surface area contributed by atoms with Crippen molar-refractivity contribution < 1.29 is 4.79 Å². The highest BCUT2D eigenvalue weighted by molar-refractivity contribution is 5.93. The Kier molecular flexibility index (Phi) is 6.19. The maximum absolute atomic E-state index is 12.0. The first-order valence-electron chi connectivity index (χ1n) is 9.00. The minimum Gasteiger partial charge on any atom is -0.352 e. The quantitative estimate of drug-likeness (QED) is 0.641. The van der Waals surface area contributed by atoms with Crippen LogP contribution in [0.15, 0.2) is 53.7 Å². The first-order valence-corrected chi connectivity index (χ1v) is 9.00. The highest BCUT2D eigenvalue weighted by Gasteiger charge is 2.19. The normalized spacial score (nSPS) is 15.0. The molecule has 136 valence electrons. The lowest BCUT2D eigenvalue weighted by atomic mass is 10.1. The van der Waals surface area contributed by atoms with E-state index in [1.165, 1.54) is 0 Å². The van der Waals surface area contributed by atoms with Gasteiger partial charge in [0.25, 0.3) is 0 Å². The number of amides is 1. The van der Waals surface area contributed by atoms with Crippen LogP contribution in [0.25, 0.3) is 0 Å². The number of nitrogens with one attached hydrogen (secondary N) is 2. The third kappa shape index (κ3) is 4.81. The lowest BCUT2D eigenvalue weighted by Gasteiger charge is -2.26. The molecule has 0 atom stereocenters. The minimum atomic E-state index is 0.223. The molecule has 26 heavy (non-hydrogen) atoms. The zero-order valence-electron chi connectivity index (χ0n) is 15.1. The summed E-state index contributed by atoms with van der Waals surface area (Å²) < 4.78 is 0. The number of carbonyl (C=O) groups excluding carboxylic acids is 1. The molecule has 1 saturated heterocycles. The molecule has 1 fully saturated rings. The van der Waals surface area contributed by atoms with Crippen LogP contribution in [-0.2, 0) is 17.9 Å². The van der Waals surface area contributed by atoms with Crippen LogP contribution in [0.2, 0.25) is 0 Å². The predicted octanol–water partition coefficient (Wildman–Crippen LogP) is 2.46. The summed E-state index contributed by atoms with van der Waals surface area (Å²) in [5, 5.41) is 6.54. The summed E-state index contributed by atoms with van der Waals surface area (Å²) in [5.74, 6) is 0.951. The Balaban J connectivity index is 1.51. The molecule has 6 nitrogen and oxygen atoms in total. The van der Waals surface area contributed by atoms with Gasteiger partial charge in [-0.05, 0) is 42.7 Å². The number of hydrogen-bond acceptors (Lipinski definition) is 3. The van der Waals surface area contributed by atoms with Gasteiger partial charge in [-0.15, -0.1) is 0 Å². The van der Waals surface area contributed by atoms with Crippen LogP contribution in [0, 0.1) is 0 Å². The number of hydrogen-bond donors (Lipinski definition) is 2. The predicted molar refractivity (Wildman–Crippen MR) is 104 cm³/mol. The molecule has 1 amide bonds. The van der Waals surface area contributed by atoms with E-state index in [9.17, 15) is 4.79 Å². The van der Waals surface area contributed by atoms with Gasteiger partial charge >= 0.3 is 0 Å². The number of aliphatic imine (C=N–C) groups is 1. The second-order valence-electron chi connectivity index (χ2n) is 6.27. The van der Waals surface area contributed by atoms with E-state index >= 15 is 0 Å². The smallest absolute Gasteiger partial charge is 0.226 e. The maximum atomic E-state index is 12.0. The zero-order valence-corrected chi connectivity index (χ0v) is 15.1. The zero-order chi connectivity index (χ0) is 18.2. The number of carbonyl (C=O) groups is 1. The Bertz CT molecular complexity index is 743. The molecule has 1 aromatic heterocycles. The second-order valence-corrected chi connectivity index (χ2v) is 6.27. The molecular formula is C20H25N5O. The molecule has 2 N–H and O–H groups in total. The van der Waals surface area contributed by atoms with E-state index in [1.54, 1.807) is 13.2 Å². The Morgan fingerprint density at radius 3 is 2.62 bits per heavy atom. The lowest BCUT2D eigenvalue weighted by Crippen LogP contribution is -2.36. The summed E-state index contributed by atoms with van der Waals surface area (Å²) in [7, 11) is 1.75. The van der Waals surface area contributed by atoms with Gasteiger partial charge in [0.1, 0.15) is 0 Å². The summed E-state index contributed by atoms with van der Waals surface area (Å²) in [6.45, 7) is 2.10. The molecule has 0 spiro atoms. The Labute approximate surface area is 154 Å². The van der Waals surface area contributed by atoms with Gasteiger partial charge < -0.3 is 15.5 Å². The monoisotopic (exact) mass is 351 g/mol. The van der Waals surface area contributed by atoms with E-state index in [4.69, 9.17) is 0 Å². The largest absolute Gasteiger partial charge is 0.352 e. The first kappa shape index (κ1) is 17.9. The molecule has 0 bridgehead atoms. The molecular weight excluding hydrogens is 326 g/mol. The summed E-state index contributed by atoms with van der Waals surface area (Å²) in [5.41, 5.74) is 3.08. The summed E-state index contributed by atoms with van der Waals surface area (Å²) in [6.07, 6.45) is 4.51. The highest BCUT2D eigenvalue weighted by atomic mass is 16.2. The van der Waals surface area contributed by atoms with Crippen molar-refractivity contribution >= 4 is 17.6 Å². The van der Waals surface area contributed by atoms with Gasteiger partial charge in [0.05, 0.1) is 12.2 Å².